The lowest BCUT2D eigenvalue weighted by Crippen LogP contribution is -2.40. The smallest absolute Gasteiger partial charge is 0.228 e. The van der Waals surface area contributed by atoms with E-state index in [2.05, 4.69) is 4.98 Å². The Bertz CT molecular complexity index is 674. The third-order valence-corrected chi connectivity index (χ3v) is 4.47. The van der Waals surface area contributed by atoms with Crippen LogP contribution in [0.3, 0.4) is 0 Å². The number of fused-ring (bicyclic) bond motifs is 1. The summed E-state index contributed by atoms with van der Waals surface area (Å²) in [6, 6.07) is 10.1. The fourth-order valence-electron chi connectivity index (χ4n) is 3.20. The molecule has 0 radical (unpaired) electrons. The van der Waals surface area contributed by atoms with E-state index < -0.39 is 0 Å². The number of rotatable bonds is 2. The first-order chi connectivity index (χ1) is 10.8. The van der Waals surface area contributed by atoms with Crippen LogP contribution in [0.1, 0.15) is 17.8 Å². The van der Waals surface area contributed by atoms with Crippen molar-refractivity contribution >= 4 is 5.91 Å². The van der Waals surface area contributed by atoms with Crippen LogP contribution in [0.5, 0.6) is 0 Å². The van der Waals surface area contributed by atoms with Crippen LogP contribution in [-0.4, -0.2) is 40.5 Å². The number of hydrogen-bond donors (Lipinski definition) is 1. The number of nitrogens with zero attached hydrogens (tertiary/aromatic N) is 2. The molecule has 2 aromatic rings. The molecule has 0 bridgehead atoms. The van der Waals surface area contributed by atoms with Gasteiger partial charge in [-0.05, 0) is 6.42 Å². The SMILES string of the molecule is O=C([C@@H]1CCOC1)N1CCc2nc(-c3ccccc3)[nH]c2C1. The molecule has 1 amide bonds. The molecule has 1 fully saturated rings. The van der Waals surface area contributed by atoms with Crippen LogP contribution in [0.25, 0.3) is 11.4 Å². The van der Waals surface area contributed by atoms with Crippen molar-refractivity contribution in [3.8, 4) is 11.4 Å². The Morgan fingerprint density at radius 3 is 2.95 bits per heavy atom. The molecular weight excluding hydrogens is 278 g/mol. The Balaban J connectivity index is 1.54. The van der Waals surface area contributed by atoms with Gasteiger partial charge in [0, 0.05) is 25.1 Å². The number of hydrogen-bond acceptors (Lipinski definition) is 3. The van der Waals surface area contributed by atoms with Crippen molar-refractivity contribution in [1.82, 2.24) is 14.9 Å². The standard InChI is InChI=1S/C17H19N3O2/c21-17(13-7-9-22-11-13)20-8-6-14-15(10-20)19-16(18-14)12-4-2-1-3-5-12/h1-5,13H,6-11H2,(H,18,19)/t13-/m1/s1. The summed E-state index contributed by atoms with van der Waals surface area (Å²) < 4.78 is 5.33. The number of carbonyl (C=O) groups is 1. The number of nitrogens with one attached hydrogen (secondary N) is 1. The largest absolute Gasteiger partial charge is 0.381 e. The van der Waals surface area contributed by atoms with Crippen molar-refractivity contribution in [2.75, 3.05) is 19.8 Å². The molecule has 3 heterocycles. The third-order valence-electron chi connectivity index (χ3n) is 4.47. The topological polar surface area (TPSA) is 58.2 Å². The van der Waals surface area contributed by atoms with Crippen molar-refractivity contribution in [2.24, 2.45) is 5.92 Å². The summed E-state index contributed by atoms with van der Waals surface area (Å²) in [5.41, 5.74) is 3.24. The van der Waals surface area contributed by atoms with E-state index in [0.29, 0.717) is 19.8 Å². The predicted molar refractivity (Wildman–Crippen MR) is 82.1 cm³/mol. The van der Waals surface area contributed by atoms with Crippen LogP contribution in [0.15, 0.2) is 30.3 Å². The van der Waals surface area contributed by atoms with Crippen LogP contribution >= 0.6 is 0 Å². The van der Waals surface area contributed by atoms with Crippen molar-refractivity contribution in [3.63, 3.8) is 0 Å². The third kappa shape index (κ3) is 2.41. The lowest BCUT2D eigenvalue weighted by Gasteiger charge is -2.28. The molecule has 2 aliphatic rings. The number of imidazole rings is 1. The molecule has 5 heteroatoms. The van der Waals surface area contributed by atoms with E-state index in [1.807, 2.05) is 35.2 Å². The molecule has 5 nitrogen and oxygen atoms in total. The van der Waals surface area contributed by atoms with Crippen LogP contribution < -0.4 is 0 Å². The Morgan fingerprint density at radius 2 is 2.18 bits per heavy atom. The van der Waals surface area contributed by atoms with Gasteiger partial charge in [0.15, 0.2) is 0 Å². The molecule has 0 aliphatic carbocycles. The Morgan fingerprint density at radius 1 is 1.32 bits per heavy atom. The maximum Gasteiger partial charge on any atom is 0.228 e. The van der Waals surface area contributed by atoms with Gasteiger partial charge in [-0.1, -0.05) is 30.3 Å². The van der Waals surface area contributed by atoms with Crippen molar-refractivity contribution in [2.45, 2.75) is 19.4 Å². The highest BCUT2D eigenvalue weighted by Gasteiger charge is 2.31. The first-order valence-corrected chi connectivity index (χ1v) is 7.81. The van der Waals surface area contributed by atoms with E-state index in [0.717, 1.165) is 42.2 Å². The zero-order valence-corrected chi connectivity index (χ0v) is 12.4. The average Bonchev–Trinajstić information content (AvgIpc) is 3.23. The number of benzene rings is 1. The number of aromatic nitrogens is 2. The fourth-order valence-corrected chi connectivity index (χ4v) is 3.20. The number of aromatic amines is 1. The van der Waals surface area contributed by atoms with Crippen LogP contribution in [0, 0.1) is 5.92 Å². The molecule has 1 N–H and O–H groups in total. The number of amides is 1. The van der Waals surface area contributed by atoms with E-state index in [1.54, 1.807) is 0 Å². The summed E-state index contributed by atoms with van der Waals surface area (Å²) in [4.78, 5) is 22.5. The van der Waals surface area contributed by atoms with E-state index in [-0.39, 0.29) is 11.8 Å². The highest BCUT2D eigenvalue weighted by atomic mass is 16.5. The summed E-state index contributed by atoms with van der Waals surface area (Å²) in [5, 5.41) is 0. The summed E-state index contributed by atoms with van der Waals surface area (Å²) in [6.45, 7) is 2.66. The minimum atomic E-state index is 0.0399. The molecule has 0 spiro atoms. The molecular formula is C17H19N3O2. The summed E-state index contributed by atoms with van der Waals surface area (Å²) in [7, 11) is 0. The van der Waals surface area contributed by atoms with E-state index in [1.165, 1.54) is 0 Å². The Hall–Kier alpha value is -2.14. The van der Waals surface area contributed by atoms with E-state index in [4.69, 9.17) is 9.72 Å². The van der Waals surface area contributed by atoms with Crippen LogP contribution in [0.4, 0.5) is 0 Å². The Kier molecular flexibility index (Phi) is 3.42. The van der Waals surface area contributed by atoms with Crippen molar-refractivity contribution in [1.29, 1.82) is 0 Å². The van der Waals surface area contributed by atoms with Gasteiger partial charge in [-0.15, -0.1) is 0 Å². The van der Waals surface area contributed by atoms with Crippen molar-refractivity contribution in [3.05, 3.63) is 41.7 Å². The van der Waals surface area contributed by atoms with Gasteiger partial charge >= 0.3 is 0 Å². The minimum Gasteiger partial charge on any atom is -0.381 e. The maximum atomic E-state index is 12.5. The molecule has 1 aromatic carbocycles. The highest BCUT2D eigenvalue weighted by molar-refractivity contribution is 5.79. The monoisotopic (exact) mass is 297 g/mol. The van der Waals surface area contributed by atoms with Gasteiger partial charge in [-0.2, -0.15) is 0 Å². The zero-order chi connectivity index (χ0) is 14.9. The molecule has 114 valence electrons. The molecule has 0 unspecified atom stereocenters. The molecule has 0 saturated carbocycles. The van der Waals surface area contributed by atoms with Gasteiger partial charge in [0.05, 0.1) is 30.5 Å². The Labute approximate surface area is 129 Å². The second-order valence-corrected chi connectivity index (χ2v) is 5.95. The highest BCUT2D eigenvalue weighted by Crippen LogP contribution is 2.24. The van der Waals surface area contributed by atoms with E-state index in [9.17, 15) is 4.79 Å². The summed E-state index contributed by atoms with van der Waals surface area (Å²) >= 11 is 0. The molecule has 1 saturated heterocycles. The van der Waals surface area contributed by atoms with Gasteiger partial charge in [0.2, 0.25) is 5.91 Å². The molecule has 1 aromatic heterocycles. The second kappa shape index (κ2) is 5.57. The quantitative estimate of drug-likeness (QED) is 0.922. The normalized spacial score (nSPS) is 20.9. The van der Waals surface area contributed by atoms with Gasteiger partial charge in [0.1, 0.15) is 5.82 Å². The first kappa shape index (κ1) is 13.5. The molecule has 1 atom stereocenters. The molecule has 4 rings (SSSR count). The number of ether oxygens (including phenoxy) is 1. The lowest BCUT2D eigenvalue weighted by atomic mass is 10.0. The first-order valence-electron chi connectivity index (χ1n) is 7.81. The second-order valence-electron chi connectivity index (χ2n) is 5.95. The predicted octanol–water partition coefficient (Wildman–Crippen LogP) is 2.00. The van der Waals surface area contributed by atoms with Gasteiger partial charge in [-0.3, -0.25) is 4.79 Å². The molecule has 2 aliphatic heterocycles. The van der Waals surface area contributed by atoms with Crippen molar-refractivity contribution < 1.29 is 9.53 Å². The summed E-state index contributed by atoms with van der Waals surface area (Å²) in [5.74, 6) is 1.15. The number of H-pyrrole nitrogens is 1. The minimum absolute atomic E-state index is 0.0399. The average molecular weight is 297 g/mol. The zero-order valence-electron chi connectivity index (χ0n) is 12.4. The van der Waals surface area contributed by atoms with E-state index >= 15 is 0 Å². The maximum absolute atomic E-state index is 12.5. The van der Waals surface area contributed by atoms with Crippen LogP contribution in [0.2, 0.25) is 0 Å². The fraction of sp³-hybridized carbons (Fsp3) is 0.412. The van der Waals surface area contributed by atoms with Crippen LogP contribution in [-0.2, 0) is 22.5 Å². The summed E-state index contributed by atoms with van der Waals surface area (Å²) in [6.07, 6.45) is 1.67. The molecule has 22 heavy (non-hydrogen) atoms. The lowest BCUT2D eigenvalue weighted by molar-refractivity contribution is -0.136. The van der Waals surface area contributed by atoms with Gasteiger partial charge in [0.25, 0.3) is 0 Å². The van der Waals surface area contributed by atoms with Gasteiger partial charge in [-0.25, -0.2) is 4.98 Å². The van der Waals surface area contributed by atoms with Gasteiger partial charge < -0.3 is 14.6 Å². The number of carbonyl (C=O) groups excluding carboxylic acids is 1.